The molecule has 194 valence electrons. The number of hydrogen-bond donors (Lipinski definition) is 3. The van der Waals surface area contributed by atoms with Crippen LogP contribution in [0.15, 0.2) is 47.5 Å². The fourth-order valence-electron chi connectivity index (χ4n) is 5.40. The normalized spacial score (nSPS) is 30.1. The highest BCUT2D eigenvalue weighted by Gasteiger charge is 2.60. The van der Waals surface area contributed by atoms with Crippen molar-refractivity contribution in [2.75, 3.05) is 6.61 Å². The maximum absolute atomic E-state index is 10.9. The number of aliphatic imine (C=N–C) groups is 1. The number of nitrogens with zero attached hydrogens (tertiary/aromatic N) is 1. The number of ether oxygens (including phenoxy) is 3. The number of aliphatic hydroxyl groups excluding tert-OH is 3. The Morgan fingerprint density at radius 3 is 2.53 bits per heavy atom. The van der Waals surface area contributed by atoms with E-state index >= 15 is 0 Å². The smallest absolute Gasteiger partial charge is 0.228 e. The Morgan fingerprint density at radius 2 is 1.83 bits per heavy atom. The van der Waals surface area contributed by atoms with Crippen LogP contribution >= 0.6 is 11.6 Å². The Bertz CT molecular complexity index is 1090. The molecule has 2 fully saturated rings. The first-order chi connectivity index (χ1) is 17.4. The van der Waals surface area contributed by atoms with Gasteiger partial charge in [0.1, 0.15) is 24.1 Å². The Balaban J connectivity index is 1.43. The van der Waals surface area contributed by atoms with Gasteiger partial charge in [0.2, 0.25) is 5.72 Å². The van der Waals surface area contributed by atoms with Crippen LogP contribution in [-0.4, -0.2) is 58.3 Å². The molecule has 2 unspecified atom stereocenters. The molecular weight excluding hydrogens is 482 g/mol. The zero-order chi connectivity index (χ0) is 25.3. The monoisotopic (exact) mass is 515 g/mol. The van der Waals surface area contributed by atoms with Gasteiger partial charge < -0.3 is 29.5 Å². The van der Waals surface area contributed by atoms with E-state index in [1.54, 1.807) is 12.1 Å². The van der Waals surface area contributed by atoms with Gasteiger partial charge in [0, 0.05) is 17.0 Å². The van der Waals surface area contributed by atoms with Crippen molar-refractivity contribution < 1.29 is 29.5 Å². The summed E-state index contributed by atoms with van der Waals surface area (Å²) in [6.07, 6.45) is 2.46. The van der Waals surface area contributed by atoms with E-state index in [0.29, 0.717) is 35.4 Å². The van der Waals surface area contributed by atoms with Crippen LogP contribution in [0.1, 0.15) is 62.1 Å². The van der Waals surface area contributed by atoms with Crippen LogP contribution in [0.3, 0.4) is 0 Å². The maximum atomic E-state index is 10.9. The molecule has 36 heavy (non-hydrogen) atoms. The number of halogens is 1. The van der Waals surface area contributed by atoms with E-state index in [9.17, 15) is 15.3 Å². The van der Waals surface area contributed by atoms with Gasteiger partial charge in [-0.3, -0.25) is 0 Å². The van der Waals surface area contributed by atoms with Gasteiger partial charge in [0.25, 0.3) is 0 Å². The quantitative estimate of drug-likeness (QED) is 0.489. The summed E-state index contributed by atoms with van der Waals surface area (Å²) in [6.45, 7) is 1.55. The first kappa shape index (κ1) is 25.5. The number of fused-ring (bicyclic) bond motifs is 1. The van der Waals surface area contributed by atoms with Crippen molar-refractivity contribution in [3.05, 3.63) is 64.2 Å². The first-order valence-corrected chi connectivity index (χ1v) is 13.3. The predicted octanol–water partition coefficient (Wildman–Crippen LogP) is 4.12. The molecule has 3 N–H and O–H groups in total. The molecular formula is C28H34ClNO6. The van der Waals surface area contributed by atoms with E-state index in [2.05, 4.69) is 0 Å². The summed E-state index contributed by atoms with van der Waals surface area (Å²) in [5.74, 6) is 1.34. The van der Waals surface area contributed by atoms with Crippen molar-refractivity contribution >= 4 is 17.5 Å². The molecule has 0 aromatic heterocycles. The van der Waals surface area contributed by atoms with E-state index < -0.39 is 36.7 Å². The number of hydrogen-bond acceptors (Lipinski definition) is 7. The van der Waals surface area contributed by atoms with Gasteiger partial charge in [0.05, 0.1) is 12.7 Å². The van der Waals surface area contributed by atoms with Gasteiger partial charge in [-0.2, -0.15) is 0 Å². The van der Waals surface area contributed by atoms with E-state index in [-0.39, 0.29) is 0 Å². The summed E-state index contributed by atoms with van der Waals surface area (Å²) in [7, 11) is 0. The Hall–Kier alpha value is -2.16. The topological polar surface area (TPSA) is 101 Å². The SMILES string of the molecule is CCCC1=NC2(c3ccc(Cl)c(Cc4ccc(OC5CCCC5)cc4)c3)O[C@H](CO)[C@@H](O)[C@H](O)C2O1. The van der Waals surface area contributed by atoms with Gasteiger partial charge >= 0.3 is 0 Å². The van der Waals surface area contributed by atoms with Crippen molar-refractivity contribution in [1.29, 1.82) is 0 Å². The predicted molar refractivity (Wildman–Crippen MR) is 136 cm³/mol. The summed E-state index contributed by atoms with van der Waals surface area (Å²) in [6, 6.07) is 13.6. The number of benzene rings is 2. The van der Waals surface area contributed by atoms with Gasteiger partial charge in [-0.05, 0) is 73.9 Å². The van der Waals surface area contributed by atoms with Gasteiger partial charge in [-0.15, -0.1) is 0 Å². The van der Waals surface area contributed by atoms with Crippen LogP contribution in [0.25, 0.3) is 0 Å². The molecule has 8 heteroatoms. The Labute approximate surface area is 216 Å². The molecule has 0 amide bonds. The minimum atomic E-state index is -1.38. The van der Waals surface area contributed by atoms with Crippen LogP contribution in [0.2, 0.25) is 5.02 Å². The van der Waals surface area contributed by atoms with Crippen molar-refractivity contribution in [3.63, 3.8) is 0 Å². The largest absolute Gasteiger partial charge is 0.490 e. The highest BCUT2D eigenvalue weighted by atomic mass is 35.5. The van der Waals surface area contributed by atoms with Crippen LogP contribution in [0.5, 0.6) is 5.75 Å². The van der Waals surface area contributed by atoms with E-state index in [1.165, 1.54) is 12.8 Å². The number of rotatable bonds is 8. The third-order valence-corrected chi connectivity index (χ3v) is 7.71. The lowest BCUT2D eigenvalue weighted by molar-refractivity contribution is -0.262. The van der Waals surface area contributed by atoms with Crippen molar-refractivity contribution in [2.45, 2.75) is 88.1 Å². The first-order valence-electron chi connectivity index (χ1n) is 12.9. The minimum Gasteiger partial charge on any atom is -0.490 e. The highest BCUT2D eigenvalue weighted by Crippen LogP contribution is 2.46. The molecule has 7 nitrogen and oxygen atoms in total. The van der Waals surface area contributed by atoms with E-state index in [4.69, 9.17) is 30.8 Å². The summed E-state index contributed by atoms with van der Waals surface area (Å²) in [5.41, 5.74) is 1.22. The van der Waals surface area contributed by atoms with Crippen LogP contribution < -0.4 is 4.74 Å². The summed E-state index contributed by atoms with van der Waals surface area (Å²) in [5, 5.41) is 31.8. The molecule has 0 radical (unpaired) electrons. The second-order valence-corrected chi connectivity index (χ2v) is 10.4. The van der Waals surface area contributed by atoms with Crippen molar-refractivity contribution in [3.8, 4) is 5.75 Å². The third-order valence-electron chi connectivity index (χ3n) is 7.34. The Morgan fingerprint density at radius 1 is 1.08 bits per heavy atom. The van der Waals surface area contributed by atoms with E-state index in [0.717, 1.165) is 36.1 Å². The van der Waals surface area contributed by atoms with Crippen LogP contribution in [0, 0.1) is 0 Å². The molecule has 1 saturated carbocycles. The molecule has 1 aliphatic carbocycles. The third kappa shape index (κ3) is 4.87. The van der Waals surface area contributed by atoms with Crippen molar-refractivity contribution in [1.82, 2.24) is 0 Å². The fourth-order valence-corrected chi connectivity index (χ4v) is 5.59. The lowest BCUT2D eigenvalue weighted by Gasteiger charge is -2.44. The summed E-state index contributed by atoms with van der Waals surface area (Å²) in [4.78, 5) is 4.75. The van der Waals surface area contributed by atoms with Crippen LogP contribution in [0.4, 0.5) is 0 Å². The zero-order valence-corrected chi connectivity index (χ0v) is 21.2. The number of aliphatic hydroxyl groups is 3. The molecule has 2 heterocycles. The molecule has 3 aliphatic rings. The average Bonchev–Trinajstić information content (AvgIpc) is 3.52. The minimum absolute atomic E-state index is 0.313. The average molecular weight is 516 g/mol. The molecule has 2 aromatic carbocycles. The molecule has 5 atom stereocenters. The molecule has 2 aromatic rings. The molecule has 0 bridgehead atoms. The Kier molecular flexibility index (Phi) is 7.56. The fraction of sp³-hybridized carbons (Fsp3) is 0.536. The summed E-state index contributed by atoms with van der Waals surface area (Å²) >= 11 is 6.59. The second-order valence-electron chi connectivity index (χ2n) is 9.96. The summed E-state index contributed by atoms with van der Waals surface area (Å²) < 4.78 is 18.2. The lowest BCUT2D eigenvalue weighted by atomic mass is 9.85. The molecule has 2 aliphatic heterocycles. The van der Waals surface area contributed by atoms with Gasteiger partial charge in [-0.25, -0.2) is 4.99 Å². The highest BCUT2D eigenvalue weighted by molar-refractivity contribution is 6.31. The molecule has 0 spiro atoms. The standard InChI is InChI=1S/C28H34ClNO6/c1-2-5-24-30-28(27(35-24)26(33)25(32)23(16-31)36-28)19-10-13-22(29)18(15-19)14-17-8-11-21(12-9-17)34-20-6-3-4-7-20/h8-13,15,20,23,25-27,31-33H,2-7,14,16H2,1H3/t23-,25-,26+,27?,28?/m1/s1. The lowest BCUT2D eigenvalue weighted by Crippen LogP contribution is -2.61. The second kappa shape index (κ2) is 10.7. The van der Waals surface area contributed by atoms with Gasteiger partial charge in [-0.1, -0.05) is 36.7 Å². The zero-order valence-electron chi connectivity index (χ0n) is 20.5. The van der Waals surface area contributed by atoms with Crippen LogP contribution in [-0.2, 0) is 21.6 Å². The molecule has 1 saturated heterocycles. The van der Waals surface area contributed by atoms with Gasteiger partial charge in [0.15, 0.2) is 12.0 Å². The maximum Gasteiger partial charge on any atom is 0.228 e. The molecule has 5 rings (SSSR count). The van der Waals surface area contributed by atoms with Crippen molar-refractivity contribution in [2.24, 2.45) is 4.99 Å². The van der Waals surface area contributed by atoms with E-state index in [1.807, 2.05) is 37.3 Å².